The highest BCUT2D eigenvalue weighted by Crippen LogP contribution is 2.55. The van der Waals surface area contributed by atoms with E-state index in [-0.39, 0.29) is 29.9 Å². The molecule has 166 valence electrons. The second-order valence-corrected chi connectivity index (χ2v) is 9.90. The molecule has 1 saturated heterocycles. The van der Waals surface area contributed by atoms with Crippen molar-refractivity contribution in [2.45, 2.75) is 82.7 Å². The monoisotopic (exact) mass is 426 g/mol. The lowest BCUT2D eigenvalue weighted by Gasteiger charge is -2.56. The number of carbonyl (C=O) groups is 2. The lowest BCUT2D eigenvalue weighted by Crippen LogP contribution is -2.61. The summed E-state index contributed by atoms with van der Waals surface area (Å²) in [5, 5.41) is 9.68. The van der Waals surface area contributed by atoms with Crippen LogP contribution in [0.25, 0.3) is 0 Å². The minimum Gasteiger partial charge on any atom is -0.340 e. The van der Waals surface area contributed by atoms with E-state index in [0.717, 1.165) is 75.9 Å². The molecule has 5 fully saturated rings. The van der Waals surface area contributed by atoms with Crippen molar-refractivity contribution in [1.82, 2.24) is 20.9 Å². The van der Waals surface area contributed by atoms with E-state index in [1.165, 1.54) is 19.3 Å². The molecule has 1 heterocycles. The molecule has 6 nitrogen and oxygen atoms in total. The molecular formula is C22H39ClN4O2. The summed E-state index contributed by atoms with van der Waals surface area (Å²) in [5.74, 6) is 2.64. The molecule has 0 aromatic carbocycles. The molecule has 0 unspecified atom stereocenters. The fourth-order valence-corrected chi connectivity index (χ4v) is 6.85. The number of halogens is 1. The van der Waals surface area contributed by atoms with Gasteiger partial charge in [-0.05, 0) is 88.6 Å². The van der Waals surface area contributed by atoms with Crippen molar-refractivity contribution in [2.24, 2.45) is 17.8 Å². The smallest absolute Gasteiger partial charge is 0.315 e. The standard InChI is InChI=1S/C22H38N4O2.ClH/c1-2-9-26(19-3-6-23-7-4-19)20(27)5-8-24-21(28)25-22-13-16-10-17(14-22)12-18(11-16)15-22;/h16-19,23H,2-15H2,1H3,(H2,24,25,28);1H. The lowest BCUT2D eigenvalue weighted by atomic mass is 9.53. The van der Waals surface area contributed by atoms with Crippen molar-refractivity contribution >= 4 is 24.3 Å². The van der Waals surface area contributed by atoms with E-state index in [1.807, 2.05) is 0 Å². The van der Waals surface area contributed by atoms with Gasteiger partial charge in [0.2, 0.25) is 5.91 Å². The number of piperidine rings is 1. The van der Waals surface area contributed by atoms with Gasteiger partial charge in [0.1, 0.15) is 0 Å². The molecular weight excluding hydrogens is 388 g/mol. The van der Waals surface area contributed by atoms with Gasteiger partial charge in [0.05, 0.1) is 0 Å². The molecule has 5 rings (SSSR count). The van der Waals surface area contributed by atoms with Crippen LogP contribution >= 0.6 is 12.4 Å². The number of nitrogens with zero attached hydrogens (tertiary/aromatic N) is 1. The fraction of sp³-hybridized carbons (Fsp3) is 0.909. The first-order chi connectivity index (χ1) is 13.6. The van der Waals surface area contributed by atoms with E-state index in [9.17, 15) is 9.59 Å². The second-order valence-electron chi connectivity index (χ2n) is 9.90. The molecule has 0 aromatic rings. The van der Waals surface area contributed by atoms with Crippen LogP contribution < -0.4 is 16.0 Å². The molecule has 0 spiro atoms. The van der Waals surface area contributed by atoms with Gasteiger partial charge in [-0.3, -0.25) is 4.79 Å². The van der Waals surface area contributed by atoms with Crippen LogP contribution in [0.3, 0.4) is 0 Å². The van der Waals surface area contributed by atoms with Crippen LogP contribution in [0.15, 0.2) is 0 Å². The topological polar surface area (TPSA) is 73.5 Å². The molecule has 5 aliphatic rings. The summed E-state index contributed by atoms with van der Waals surface area (Å²) >= 11 is 0. The molecule has 29 heavy (non-hydrogen) atoms. The van der Waals surface area contributed by atoms with Gasteiger partial charge in [-0.2, -0.15) is 0 Å². The highest BCUT2D eigenvalue weighted by atomic mass is 35.5. The van der Waals surface area contributed by atoms with Gasteiger partial charge in [-0.15, -0.1) is 12.4 Å². The third-order valence-corrected chi connectivity index (χ3v) is 7.58. The Morgan fingerprint density at radius 3 is 2.17 bits per heavy atom. The van der Waals surface area contributed by atoms with E-state index in [2.05, 4.69) is 27.8 Å². The summed E-state index contributed by atoms with van der Waals surface area (Å²) in [6.45, 7) is 5.36. The second kappa shape index (κ2) is 9.86. The van der Waals surface area contributed by atoms with Crippen molar-refractivity contribution < 1.29 is 9.59 Å². The first-order valence-corrected chi connectivity index (χ1v) is 11.6. The fourth-order valence-electron chi connectivity index (χ4n) is 6.85. The molecule has 1 aliphatic heterocycles. The maximum atomic E-state index is 12.8. The molecule has 7 heteroatoms. The minimum atomic E-state index is -0.0707. The van der Waals surface area contributed by atoms with E-state index in [4.69, 9.17) is 0 Å². The van der Waals surface area contributed by atoms with Gasteiger partial charge in [0.25, 0.3) is 0 Å². The Morgan fingerprint density at radius 2 is 1.62 bits per heavy atom. The van der Waals surface area contributed by atoms with Gasteiger partial charge in [-0.25, -0.2) is 4.79 Å². The normalized spacial score (nSPS) is 33.1. The van der Waals surface area contributed by atoms with Crippen LogP contribution in [0.5, 0.6) is 0 Å². The predicted molar refractivity (Wildman–Crippen MR) is 117 cm³/mol. The predicted octanol–water partition coefficient (Wildman–Crippen LogP) is 3.06. The van der Waals surface area contributed by atoms with Crippen LogP contribution in [0.1, 0.15) is 71.1 Å². The SMILES string of the molecule is CCCN(C(=O)CCNC(=O)NC12CC3CC(CC(C3)C1)C2)C1CCNCC1.Cl. The van der Waals surface area contributed by atoms with Crippen molar-refractivity contribution in [3.05, 3.63) is 0 Å². The average molecular weight is 427 g/mol. The van der Waals surface area contributed by atoms with Crippen molar-refractivity contribution in [3.8, 4) is 0 Å². The molecule has 0 aromatic heterocycles. The molecule has 4 aliphatic carbocycles. The Morgan fingerprint density at radius 1 is 1.03 bits per heavy atom. The number of nitrogens with one attached hydrogen (secondary N) is 3. The summed E-state index contributed by atoms with van der Waals surface area (Å²) in [6.07, 6.45) is 11.1. The largest absolute Gasteiger partial charge is 0.340 e. The molecule has 4 bridgehead atoms. The number of amides is 3. The summed E-state index contributed by atoms with van der Waals surface area (Å²) < 4.78 is 0. The Hall–Kier alpha value is -1.01. The maximum Gasteiger partial charge on any atom is 0.315 e. The van der Waals surface area contributed by atoms with Gasteiger partial charge >= 0.3 is 6.03 Å². The zero-order chi connectivity index (χ0) is 19.6. The number of carbonyl (C=O) groups excluding carboxylic acids is 2. The van der Waals surface area contributed by atoms with Crippen molar-refractivity contribution in [3.63, 3.8) is 0 Å². The van der Waals surface area contributed by atoms with E-state index >= 15 is 0 Å². The first-order valence-electron chi connectivity index (χ1n) is 11.6. The Bertz CT molecular complexity index is 544. The van der Waals surface area contributed by atoms with Gasteiger partial charge in [-0.1, -0.05) is 6.92 Å². The minimum absolute atomic E-state index is 0. The average Bonchev–Trinajstić information content (AvgIpc) is 2.65. The van der Waals surface area contributed by atoms with Gasteiger partial charge in [0.15, 0.2) is 0 Å². The summed E-state index contributed by atoms with van der Waals surface area (Å²) in [5.41, 5.74) is 0.0339. The Kier molecular flexibility index (Phi) is 7.71. The van der Waals surface area contributed by atoms with E-state index in [1.54, 1.807) is 0 Å². The summed E-state index contributed by atoms with van der Waals surface area (Å²) in [4.78, 5) is 27.4. The van der Waals surface area contributed by atoms with E-state index in [0.29, 0.717) is 19.0 Å². The summed E-state index contributed by atoms with van der Waals surface area (Å²) in [7, 11) is 0. The van der Waals surface area contributed by atoms with Gasteiger partial charge in [0, 0.05) is 31.1 Å². The highest BCUT2D eigenvalue weighted by Gasteiger charge is 2.51. The molecule has 0 radical (unpaired) electrons. The number of hydrogen-bond acceptors (Lipinski definition) is 3. The zero-order valence-corrected chi connectivity index (χ0v) is 18.7. The molecule has 4 saturated carbocycles. The Balaban J connectivity index is 0.00000240. The van der Waals surface area contributed by atoms with Crippen LogP contribution in [0, 0.1) is 17.8 Å². The zero-order valence-electron chi connectivity index (χ0n) is 17.9. The van der Waals surface area contributed by atoms with Crippen LogP contribution in [0.2, 0.25) is 0 Å². The highest BCUT2D eigenvalue weighted by molar-refractivity contribution is 5.85. The Labute approximate surface area is 181 Å². The molecule has 3 N–H and O–H groups in total. The van der Waals surface area contributed by atoms with Crippen LogP contribution in [-0.2, 0) is 4.79 Å². The van der Waals surface area contributed by atoms with Crippen molar-refractivity contribution in [2.75, 3.05) is 26.2 Å². The molecule has 3 amide bonds. The lowest BCUT2D eigenvalue weighted by molar-refractivity contribution is -0.134. The van der Waals surface area contributed by atoms with Gasteiger partial charge < -0.3 is 20.9 Å². The third-order valence-electron chi connectivity index (χ3n) is 7.58. The third kappa shape index (κ3) is 5.38. The quantitative estimate of drug-likeness (QED) is 0.585. The number of urea groups is 1. The first kappa shape index (κ1) is 22.7. The van der Waals surface area contributed by atoms with Crippen LogP contribution in [-0.4, -0.2) is 54.6 Å². The van der Waals surface area contributed by atoms with Crippen LogP contribution in [0.4, 0.5) is 4.79 Å². The maximum absolute atomic E-state index is 12.8. The number of hydrogen-bond donors (Lipinski definition) is 3. The van der Waals surface area contributed by atoms with E-state index < -0.39 is 0 Å². The van der Waals surface area contributed by atoms with Crippen molar-refractivity contribution in [1.29, 1.82) is 0 Å². The summed E-state index contributed by atoms with van der Waals surface area (Å²) in [6, 6.07) is 0.285. The molecule has 0 atom stereocenters. The number of rotatable bonds is 7.